The Balaban J connectivity index is 1.80. The van der Waals surface area contributed by atoms with E-state index in [1.165, 1.54) is 32.7 Å². The first-order valence-corrected chi connectivity index (χ1v) is 9.48. The summed E-state index contributed by atoms with van der Waals surface area (Å²) in [6.45, 7) is 4.40. The number of hydrogen-bond donors (Lipinski definition) is 0. The molecule has 1 aliphatic heterocycles. The average Bonchev–Trinajstić information content (AvgIpc) is 2.63. The lowest BCUT2D eigenvalue weighted by Crippen LogP contribution is -2.13. The summed E-state index contributed by atoms with van der Waals surface area (Å²) in [6, 6.07) is 26.8. The summed E-state index contributed by atoms with van der Waals surface area (Å²) >= 11 is 2.04. The van der Waals surface area contributed by atoms with E-state index >= 15 is 0 Å². The number of benzene rings is 3. The molecule has 0 aromatic heterocycles. The molecule has 0 fully saturated rings. The largest absolute Gasteiger partial charge is 0.117 e. The second-order valence-corrected chi connectivity index (χ2v) is 7.92. The fourth-order valence-corrected chi connectivity index (χ4v) is 5.09. The Morgan fingerprint density at radius 2 is 1.50 bits per heavy atom. The van der Waals surface area contributed by atoms with Crippen molar-refractivity contribution in [2.45, 2.75) is 36.3 Å². The lowest BCUT2D eigenvalue weighted by molar-refractivity contribution is 0.674. The van der Waals surface area contributed by atoms with Gasteiger partial charge in [0.25, 0.3) is 0 Å². The summed E-state index contributed by atoms with van der Waals surface area (Å²) < 4.78 is 0. The first kappa shape index (κ1) is 15.5. The van der Waals surface area contributed by atoms with Crippen LogP contribution in [0.15, 0.2) is 77.7 Å². The van der Waals surface area contributed by atoms with Crippen molar-refractivity contribution in [1.29, 1.82) is 0 Å². The van der Waals surface area contributed by atoms with Crippen molar-refractivity contribution in [3.05, 3.63) is 101 Å². The molecule has 1 heteroatoms. The maximum atomic E-state index is 2.32. The van der Waals surface area contributed by atoms with E-state index in [2.05, 4.69) is 86.6 Å². The van der Waals surface area contributed by atoms with Gasteiger partial charge in [0.1, 0.15) is 0 Å². The molecule has 1 heterocycles. The molecule has 120 valence electrons. The van der Waals surface area contributed by atoms with Crippen molar-refractivity contribution in [3.63, 3.8) is 0 Å². The molecule has 4 rings (SSSR count). The fourth-order valence-electron chi connectivity index (χ4n) is 3.63. The van der Waals surface area contributed by atoms with Gasteiger partial charge in [-0.15, -0.1) is 11.8 Å². The van der Waals surface area contributed by atoms with E-state index in [1.807, 2.05) is 11.8 Å². The molecule has 3 aromatic carbocycles. The van der Waals surface area contributed by atoms with E-state index in [1.54, 1.807) is 0 Å². The topological polar surface area (TPSA) is 0 Å². The molecule has 1 aliphatic rings. The Hall–Kier alpha value is -1.99. The molecular formula is C23H22S. The van der Waals surface area contributed by atoms with Crippen LogP contribution in [0.25, 0.3) is 0 Å². The van der Waals surface area contributed by atoms with Crippen molar-refractivity contribution < 1.29 is 0 Å². The molecular weight excluding hydrogens is 308 g/mol. The minimum Gasteiger partial charge on any atom is -0.117 e. The van der Waals surface area contributed by atoms with Gasteiger partial charge < -0.3 is 0 Å². The third-order valence-corrected chi connectivity index (χ3v) is 6.52. The standard InChI is InChI=1S/C23H22S/c1-16-11-13-18(14-12-16)21-15-22(19-8-4-3-5-9-19)24-23-17(2)7-6-10-20(21)23/h3-14,21-22H,15H2,1-2H3. The highest BCUT2D eigenvalue weighted by Gasteiger charge is 2.30. The van der Waals surface area contributed by atoms with Gasteiger partial charge >= 0.3 is 0 Å². The maximum absolute atomic E-state index is 2.32. The molecule has 0 spiro atoms. The molecule has 2 unspecified atom stereocenters. The number of rotatable bonds is 2. The van der Waals surface area contributed by atoms with E-state index in [0.29, 0.717) is 11.2 Å². The van der Waals surface area contributed by atoms with Crippen LogP contribution in [0.3, 0.4) is 0 Å². The van der Waals surface area contributed by atoms with Crippen molar-refractivity contribution in [2.24, 2.45) is 0 Å². The lowest BCUT2D eigenvalue weighted by Gasteiger charge is -2.33. The van der Waals surface area contributed by atoms with Gasteiger partial charge in [-0.2, -0.15) is 0 Å². The molecule has 0 N–H and O–H groups in total. The van der Waals surface area contributed by atoms with Crippen molar-refractivity contribution in [1.82, 2.24) is 0 Å². The first-order chi connectivity index (χ1) is 11.7. The summed E-state index contributed by atoms with van der Waals surface area (Å²) in [5, 5.41) is 0.520. The summed E-state index contributed by atoms with van der Waals surface area (Å²) in [4.78, 5) is 1.48. The molecule has 24 heavy (non-hydrogen) atoms. The summed E-state index contributed by atoms with van der Waals surface area (Å²) in [6.07, 6.45) is 1.16. The van der Waals surface area contributed by atoms with E-state index in [0.717, 1.165) is 6.42 Å². The Kier molecular flexibility index (Phi) is 4.20. The second kappa shape index (κ2) is 6.49. The predicted molar refractivity (Wildman–Crippen MR) is 104 cm³/mol. The first-order valence-electron chi connectivity index (χ1n) is 8.60. The molecule has 0 aliphatic carbocycles. The highest BCUT2D eigenvalue weighted by molar-refractivity contribution is 7.99. The zero-order chi connectivity index (χ0) is 16.5. The van der Waals surface area contributed by atoms with Gasteiger partial charge in [0.15, 0.2) is 0 Å². The highest BCUT2D eigenvalue weighted by Crippen LogP contribution is 2.52. The van der Waals surface area contributed by atoms with Crippen LogP contribution in [0, 0.1) is 13.8 Å². The summed E-state index contributed by atoms with van der Waals surface area (Å²) in [5.74, 6) is 0.479. The van der Waals surface area contributed by atoms with Gasteiger partial charge in [0, 0.05) is 16.1 Å². The van der Waals surface area contributed by atoms with Crippen molar-refractivity contribution in [2.75, 3.05) is 0 Å². The molecule has 0 saturated heterocycles. The van der Waals surface area contributed by atoms with E-state index in [9.17, 15) is 0 Å². The van der Waals surface area contributed by atoms with Crippen LogP contribution >= 0.6 is 11.8 Å². The number of aryl methyl sites for hydroxylation is 2. The van der Waals surface area contributed by atoms with E-state index in [4.69, 9.17) is 0 Å². The summed E-state index contributed by atoms with van der Waals surface area (Å²) in [5.41, 5.74) is 7.10. The number of hydrogen-bond acceptors (Lipinski definition) is 1. The minimum absolute atomic E-state index is 0.479. The quantitative estimate of drug-likeness (QED) is 0.505. The van der Waals surface area contributed by atoms with Gasteiger partial charge in [-0.25, -0.2) is 0 Å². The third kappa shape index (κ3) is 2.89. The molecule has 0 bridgehead atoms. The number of thioether (sulfide) groups is 1. The monoisotopic (exact) mass is 330 g/mol. The van der Waals surface area contributed by atoms with Crippen molar-refractivity contribution >= 4 is 11.8 Å². The van der Waals surface area contributed by atoms with Gasteiger partial charge in [-0.05, 0) is 42.5 Å². The molecule has 0 saturated carbocycles. The van der Waals surface area contributed by atoms with E-state index in [-0.39, 0.29) is 0 Å². The molecule has 0 radical (unpaired) electrons. The van der Waals surface area contributed by atoms with Crippen LogP contribution in [0.4, 0.5) is 0 Å². The van der Waals surface area contributed by atoms with Gasteiger partial charge in [0.05, 0.1) is 0 Å². The zero-order valence-corrected chi connectivity index (χ0v) is 15.0. The smallest absolute Gasteiger partial charge is 0.0353 e. The Labute approximate surface area is 148 Å². The van der Waals surface area contributed by atoms with Crippen molar-refractivity contribution in [3.8, 4) is 0 Å². The Bertz CT molecular complexity index is 834. The Morgan fingerprint density at radius 1 is 0.750 bits per heavy atom. The van der Waals surface area contributed by atoms with Crippen LogP contribution in [0.5, 0.6) is 0 Å². The Morgan fingerprint density at radius 3 is 2.25 bits per heavy atom. The van der Waals surface area contributed by atoms with Gasteiger partial charge in [-0.3, -0.25) is 0 Å². The number of fused-ring (bicyclic) bond motifs is 1. The predicted octanol–water partition coefficient (Wildman–Crippen LogP) is 6.67. The third-order valence-electron chi connectivity index (χ3n) is 4.98. The van der Waals surface area contributed by atoms with Crippen LogP contribution < -0.4 is 0 Å². The van der Waals surface area contributed by atoms with Crippen LogP contribution in [0.1, 0.15) is 45.4 Å². The average molecular weight is 330 g/mol. The molecule has 2 atom stereocenters. The molecule has 0 nitrogen and oxygen atoms in total. The minimum atomic E-state index is 0.479. The molecule has 3 aromatic rings. The zero-order valence-electron chi connectivity index (χ0n) is 14.2. The van der Waals surface area contributed by atoms with Gasteiger partial charge in [-0.1, -0.05) is 78.4 Å². The highest BCUT2D eigenvalue weighted by atomic mass is 32.2. The van der Waals surface area contributed by atoms with Crippen LogP contribution in [-0.2, 0) is 0 Å². The SMILES string of the molecule is Cc1ccc(C2CC(c3ccccc3)Sc3c(C)cccc32)cc1. The fraction of sp³-hybridized carbons (Fsp3) is 0.217. The molecule has 0 amide bonds. The normalized spacial score (nSPS) is 19.8. The van der Waals surface area contributed by atoms with Crippen LogP contribution in [0.2, 0.25) is 0 Å². The van der Waals surface area contributed by atoms with Crippen LogP contribution in [-0.4, -0.2) is 0 Å². The second-order valence-electron chi connectivity index (χ2n) is 6.71. The summed E-state index contributed by atoms with van der Waals surface area (Å²) in [7, 11) is 0. The maximum Gasteiger partial charge on any atom is 0.0353 e. The van der Waals surface area contributed by atoms with E-state index < -0.39 is 0 Å². The lowest BCUT2D eigenvalue weighted by atomic mass is 9.84. The van der Waals surface area contributed by atoms with Gasteiger partial charge in [0.2, 0.25) is 0 Å².